The zero-order chi connectivity index (χ0) is 12.1. The Hall–Kier alpha value is -1.74. The highest BCUT2D eigenvalue weighted by atomic mass is 19.1. The Labute approximate surface area is 101 Å². The van der Waals surface area contributed by atoms with Crippen molar-refractivity contribution in [2.75, 3.05) is 7.05 Å². The van der Waals surface area contributed by atoms with Crippen LogP contribution in [0.2, 0.25) is 0 Å². The van der Waals surface area contributed by atoms with Gasteiger partial charge in [-0.1, -0.05) is 12.1 Å². The fourth-order valence-electron chi connectivity index (χ4n) is 1.80. The predicted octanol–water partition coefficient (Wildman–Crippen LogP) is 2.53. The average molecular weight is 230 g/mol. The zero-order valence-corrected chi connectivity index (χ0v) is 9.78. The molecular formula is C14H15FN2. The minimum atomic E-state index is -0.155. The minimum Gasteiger partial charge on any atom is -0.316 e. The first-order chi connectivity index (χ1) is 8.29. The van der Waals surface area contributed by atoms with E-state index in [1.165, 1.54) is 11.6 Å². The van der Waals surface area contributed by atoms with Gasteiger partial charge in [0.25, 0.3) is 0 Å². The van der Waals surface area contributed by atoms with Gasteiger partial charge < -0.3 is 5.32 Å². The van der Waals surface area contributed by atoms with Crippen LogP contribution in [0.3, 0.4) is 0 Å². The molecule has 0 amide bonds. The highest BCUT2D eigenvalue weighted by Gasteiger charge is 2.03. The van der Waals surface area contributed by atoms with E-state index in [0.717, 1.165) is 12.0 Å². The maximum absolute atomic E-state index is 13.4. The molecule has 0 spiro atoms. The fraction of sp³-hybridized carbons (Fsp3) is 0.214. The van der Waals surface area contributed by atoms with Crippen molar-refractivity contribution in [3.8, 4) is 0 Å². The third-order valence-electron chi connectivity index (χ3n) is 2.63. The number of pyridine rings is 1. The summed E-state index contributed by atoms with van der Waals surface area (Å²) in [7, 11) is 1.81. The summed E-state index contributed by atoms with van der Waals surface area (Å²) in [6, 6.07) is 9.21. The first kappa shape index (κ1) is 11.7. The lowest BCUT2D eigenvalue weighted by atomic mass is 10.0. The monoisotopic (exact) mass is 230 g/mol. The molecule has 0 saturated carbocycles. The van der Waals surface area contributed by atoms with Crippen LogP contribution in [-0.4, -0.2) is 12.0 Å². The molecule has 0 atom stereocenters. The maximum atomic E-state index is 13.4. The van der Waals surface area contributed by atoms with Crippen molar-refractivity contribution in [3.05, 3.63) is 65.2 Å². The summed E-state index contributed by atoms with van der Waals surface area (Å²) in [6.45, 7) is 0.552. The number of nitrogens with zero attached hydrogens (tertiary/aromatic N) is 1. The molecule has 1 heterocycles. The molecule has 1 N–H and O–H groups in total. The Morgan fingerprint density at radius 3 is 2.59 bits per heavy atom. The number of rotatable bonds is 4. The standard InChI is InChI=1S/C14H15FN2/c1-16-10-13-9-12(2-3-14(13)15)8-11-4-6-17-7-5-11/h2-7,9,16H,8,10H2,1H3. The molecule has 2 nitrogen and oxygen atoms in total. The summed E-state index contributed by atoms with van der Waals surface area (Å²) in [5.41, 5.74) is 3.00. The molecule has 17 heavy (non-hydrogen) atoms. The number of benzene rings is 1. The van der Waals surface area contributed by atoms with Crippen molar-refractivity contribution in [2.24, 2.45) is 0 Å². The normalized spacial score (nSPS) is 10.5. The molecule has 2 aromatic rings. The largest absolute Gasteiger partial charge is 0.316 e. The summed E-state index contributed by atoms with van der Waals surface area (Å²) in [5, 5.41) is 2.97. The van der Waals surface area contributed by atoms with Crippen molar-refractivity contribution in [3.63, 3.8) is 0 Å². The number of hydrogen-bond acceptors (Lipinski definition) is 2. The first-order valence-electron chi connectivity index (χ1n) is 5.60. The molecule has 0 radical (unpaired) electrons. The smallest absolute Gasteiger partial charge is 0.127 e. The van der Waals surface area contributed by atoms with Gasteiger partial charge in [-0.3, -0.25) is 4.98 Å². The van der Waals surface area contributed by atoms with E-state index in [2.05, 4.69) is 10.3 Å². The van der Waals surface area contributed by atoms with Crippen molar-refractivity contribution in [1.29, 1.82) is 0 Å². The highest BCUT2D eigenvalue weighted by molar-refractivity contribution is 5.29. The van der Waals surface area contributed by atoms with Gasteiger partial charge in [-0.25, -0.2) is 4.39 Å². The molecule has 0 unspecified atom stereocenters. The Morgan fingerprint density at radius 1 is 1.12 bits per heavy atom. The van der Waals surface area contributed by atoms with Gasteiger partial charge in [0.1, 0.15) is 5.82 Å². The second-order valence-corrected chi connectivity index (χ2v) is 3.99. The van der Waals surface area contributed by atoms with Gasteiger partial charge in [0.05, 0.1) is 0 Å². The van der Waals surface area contributed by atoms with Gasteiger partial charge in [0, 0.05) is 24.5 Å². The quantitative estimate of drug-likeness (QED) is 0.873. The van der Waals surface area contributed by atoms with Gasteiger partial charge in [0.2, 0.25) is 0 Å². The van der Waals surface area contributed by atoms with Crippen molar-refractivity contribution >= 4 is 0 Å². The molecule has 0 aliphatic rings. The lowest BCUT2D eigenvalue weighted by Gasteiger charge is -2.06. The van der Waals surface area contributed by atoms with Crippen LogP contribution in [-0.2, 0) is 13.0 Å². The molecule has 0 aliphatic carbocycles. The maximum Gasteiger partial charge on any atom is 0.127 e. The molecular weight excluding hydrogens is 215 g/mol. The number of hydrogen-bond donors (Lipinski definition) is 1. The second kappa shape index (κ2) is 5.55. The third kappa shape index (κ3) is 3.11. The number of halogens is 1. The van der Waals surface area contributed by atoms with Gasteiger partial charge in [-0.05, 0) is 42.8 Å². The Bertz CT molecular complexity index is 483. The van der Waals surface area contributed by atoms with Crippen LogP contribution in [0.4, 0.5) is 4.39 Å². The van der Waals surface area contributed by atoms with E-state index < -0.39 is 0 Å². The van der Waals surface area contributed by atoms with Gasteiger partial charge in [-0.15, -0.1) is 0 Å². The summed E-state index contributed by atoms with van der Waals surface area (Å²) in [4.78, 5) is 3.98. The fourth-order valence-corrected chi connectivity index (χ4v) is 1.80. The van der Waals surface area contributed by atoms with E-state index in [1.54, 1.807) is 12.4 Å². The van der Waals surface area contributed by atoms with Crippen LogP contribution in [0.15, 0.2) is 42.7 Å². The van der Waals surface area contributed by atoms with Crippen LogP contribution in [0.25, 0.3) is 0 Å². The van der Waals surface area contributed by atoms with Gasteiger partial charge in [0.15, 0.2) is 0 Å². The summed E-state index contributed by atoms with van der Waals surface area (Å²) in [6.07, 6.45) is 4.35. The Balaban J connectivity index is 2.19. The van der Waals surface area contributed by atoms with Crippen LogP contribution < -0.4 is 5.32 Å². The first-order valence-corrected chi connectivity index (χ1v) is 5.60. The minimum absolute atomic E-state index is 0.155. The van der Waals surface area contributed by atoms with Crippen LogP contribution in [0, 0.1) is 5.82 Å². The van der Waals surface area contributed by atoms with Crippen molar-refractivity contribution in [1.82, 2.24) is 10.3 Å². The summed E-state index contributed by atoms with van der Waals surface area (Å²) < 4.78 is 13.4. The molecule has 2 rings (SSSR count). The molecule has 0 fully saturated rings. The van der Waals surface area contributed by atoms with Crippen LogP contribution >= 0.6 is 0 Å². The van der Waals surface area contributed by atoms with E-state index in [0.29, 0.717) is 12.1 Å². The number of nitrogens with one attached hydrogen (secondary N) is 1. The topological polar surface area (TPSA) is 24.9 Å². The van der Waals surface area contributed by atoms with Gasteiger partial charge >= 0.3 is 0 Å². The van der Waals surface area contributed by atoms with E-state index in [-0.39, 0.29) is 5.82 Å². The van der Waals surface area contributed by atoms with E-state index in [9.17, 15) is 4.39 Å². The van der Waals surface area contributed by atoms with Crippen LogP contribution in [0.5, 0.6) is 0 Å². The van der Waals surface area contributed by atoms with E-state index >= 15 is 0 Å². The summed E-state index contributed by atoms with van der Waals surface area (Å²) >= 11 is 0. The van der Waals surface area contributed by atoms with Crippen molar-refractivity contribution < 1.29 is 4.39 Å². The second-order valence-electron chi connectivity index (χ2n) is 3.99. The average Bonchev–Trinajstić information content (AvgIpc) is 2.35. The molecule has 0 bridgehead atoms. The molecule has 1 aromatic carbocycles. The van der Waals surface area contributed by atoms with E-state index in [4.69, 9.17) is 0 Å². The van der Waals surface area contributed by atoms with Gasteiger partial charge in [-0.2, -0.15) is 0 Å². The van der Waals surface area contributed by atoms with E-state index in [1.807, 2.05) is 31.3 Å². The predicted molar refractivity (Wildman–Crippen MR) is 66.2 cm³/mol. The number of aromatic nitrogens is 1. The SMILES string of the molecule is CNCc1cc(Cc2ccncc2)ccc1F. The molecule has 3 heteroatoms. The third-order valence-corrected chi connectivity index (χ3v) is 2.63. The molecule has 0 aliphatic heterocycles. The molecule has 1 aromatic heterocycles. The highest BCUT2D eigenvalue weighted by Crippen LogP contribution is 2.14. The zero-order valence-electron chi connectivity index (χ0n) is 9.78. The lowest BCUT2D eigenvalue weighted by Crippen LogP contribution is -2.07. The lowest BCUT2D eigenvalue weighted by molar-refractivity contribution is 0.600. The molecule has 88 valence electrons. The Morgan fingerprint density at radius 2 is 1.88 bits per heavy atom. The Kier molecular flexibility index (Phi) is 3.83. The summed E-state index contributed by atoms with van der Waals surface area (Å²) in [5.74, 6) is -0.155. The van der Waals surface area contributed by atoms with Crippen molar-refractivity contribution in [2.45, 2.75) is 13.0 Å². The van der Waals surface area contributed by atoms with Crippen LogP contribution in [0.1, 0.15) is 16.7 Å². The molecule has 0 saturated heterocycles.